The largest absolute Gasteiger partial charge is 0.438 e. The lowest BCUT2D eigenvalue weighted by atomic mass is 10.3. The van der Waals surface area contributed by atoms with Gasteiger partial charge in [-0.25, -0.2) is 4.98 Å². The highest BCUT2D eigenvalue weighted by atomic mass is 79.9. The fourth-order valence-corrected chi connectivity index (χ4v) is 2.56. The molecule has 3 rings (SSSR count). The maximum atomic E-state index is 5.74. The second-order valence-electron chi connectivity index (χ2n) is 3.58. The first kappa shape index (κ1) is 11.4. The van der Waals surface area contributed by atoms with Gasteiger partial charge < -0.3 is 10.5 Å². The van der Waals surface area contributed by atoms with Crippen molar-refractivity contribution >= 4 is 43.4 Å². The van der Waals surface area contributed by atoms with E-state index < -0.39 is 0 Å². The summed E-state index contributed by atoms with van der Waals surface area (Å²) in [5.74, 6) is 1.42. The van der Waals surface area contributed by atoms with Crippen molar-refractivity contribution in [3.63, 3.8) is 0 Å². The molecule has 2 aromatic heterocycles. The molecule has 3 aromatic rings. The van der Waals surface area contributed by atoms with Gasteiger partial charge in [-0.1, -0.05) is 15.9 Å². The smallest absolute Gasteiger partial charge is 0.232 e. The van der Waals surface area contributed by atoms with E-state index in [4.69, 9.17) is 10.5 Å². The van der Waals surface area contributed by atoms with Gasteiger partial charge in [0.15, 0.2) is 0 Å². The first-order chi connectivity index (χ1) is 8.72. The number of thiophene rings is 1. The molecule has 0 saturated carbocycles. The summed E-state index contributed by atoms with van der Waals surface area (Å²) in [6, 6.07) is 9.46. The van der Waals surface area contributed by atoms with Crippen LogP contribution in [-0.4, -0.2) is 9.97 Å². The summed E-state index contributed by atoms with van der Waals surface area (Å²) in [7, 11) is 0. The number of benzene rings is 1. The minimum absolute atomic E-state index is 0.220. The zero-order valence-corrected chi connectivity index (χ0v) is 11.5. The van der Waals surface area contributed by atoms with Crippen LogP contribution < -0.4 is 10.5 Å². The summed E-state index contributed by atoms with van der Waals surface area (Å²) in [6.07, 6.45) is 0. The number of nitrogens with two attached hydrogens (primary N) is 1. The van der Waals surface area contributed by atoms with Crippen molar-refractivity contribution in [3.8, 4) is 11.6 Å². The summed E-state index contributed by atoms with van der Waals surface area (Å²) in [4.78, 5) is 9.11. The average molecular weight is 322 g/mol. The topological polar surface area (TPSA) is 61.0 Å². The fourth-order valence-electron chi connectivity index (χ4n) is 1.54. The molecule has 2 N–H and O–H groups in total. The quantitative estimate of drug-likeness (QED) is 0.779. The van der Waals surface area contributed by atoms with Crippen LogP contribution in [0.5, 0.6) is 11.6 Å². The number of rotatable bonds is 2. The van der Waals surface area contributed by atoms with Crippen LogP contribution in [0.4, 0.5) is 5.95 Å². The molecule has 0 fully saturated rings. The number of anilines is 1. The lowest BCUT2D eigenvalue weighted by Crippen LogP contribution is -1.97. The van der Waals surface area contributed by atoms with Gasteiger partial charge in [-0.2, -0.15) is 4.98 Å². The van der Waals surface area contributed by atoms with E-state index in [1.54, 1.807) is 0 Å². The van der Waals surface area contributed by atoms with Gasteiger partial charge in [0.2, 0.25) is 11.8 Å². The van der Waals surface area contributed by atoms with E-state index >= 15 is 0 Å². The van der Waals surface area contributed by atoms with Crippen LogP contribution in [0.1, 0.15) is 0 Å². The molecular weight excluding hydrogens is 314 g/mol. The third-order valence-electron chi connectivity index (χ3n) is 2.34. The normalized spacial score (nSPS) is 10.7. The molecule has 0 saturated heterocycles. The van der Waals surface area contributed by atoms with Crippen molar-refractivity contribution in [2.24, 2.45) is 0 Å². The van der Waals surface area contributed by atoms with Crippen molar-refractivity contribution in [1.82, 2.24) is 9.97 Å². The number of hydrogen-bond acceptors (Lipinski definition) is 5. The van der Waals surface area contributed by atoms with E-state index in [0.29, 0.717) is 11.6 Å². The maximum absolute atomic E-state index is 5.74. The number of nitrogen functional groups attached to an aromatic ring is 1. The molecule has 0 aliphatic rings. The Morgan fingerprint density at radius 3 is 2.67 bits per heavy atom. The van der Waals surface area contributed by atoms with E-state index in [2.05, 4.69) is 25.9 Å². The van der Waals surface area contributed by atoms with Crippen LogP contribution in [0.25, 0.3) is 10.2 Å². The second kappa shape index (κ2) is 4.55. The Balaban J connectivity index is 2.03. The zero-order valence-electron chi connectivity index (χ0n) is 9.13. The van der Waals surface area contributed by atoms with Gasteiger partial charge in [-0.3, -0.25) is 0 Å². The highest BCUT2D eigenvalue weighted by molar-refractivity contribution is 9.10. The van der Waals surface area contributed by atoms with Crippen LogP contribution >= 0.6 is 27.3 Å². The molecule has 0 aliphatic heterocycles. The van der Waals surface area contributed by atoms with E-state index in [1.807, 2.05) is 35.7 Å². The summed E-state index contributed by atoms with van der Waals surface area (Å²) < 4.78 is 6.74. The van der Waals surface area contributed by atoms with Crippen molar-refractivity contribution in [3.05, 3.63) is 40.2 Å². The maximum Gasteiger partial charge on any atom is 0.232 e. The first-order valence-electron chi connectivity index (χ1n) is 5.16. The first-order valence-corrected chi connectivity index (χ1v) is 6.84. The standard InChI is InChI=1S/C12H8BrN3OS/c13-7-1-3-8(4-2-7)17-10-9-5-6-18-11(9)16-12(14)15-10/h1-6H,(H2,14,15,16). The predicted octanol–water partition coefficient (Wildman–Crippen LogP) is 3.83. The number of aromatic nitrogens is 2. The Bertz CT molecular complexity index is 696. The number of halogens is 1. The Morgan fingerprint density at radius 1 is 1.11 bits per heavy atom. The molecule has 0 amide bonds. The van der Waals surface area contributed by atoms with Crippen LogP contribution in [0.3, 0.4) is 0 Å². The monoisotopic (exact) mass is 321 g/mol. The molecule has 4 nitrogen and oxygen atoms in total. The molecule has 1 aromatic carbocycles. The van der Waals surface area contributed by atoms with Gasteiger partial charge in [-0.15, -0.1) is 11.3 Å². The summed E-state index contributed by atoms with van der Waals surface area (Å²) >= 11 is 4.89. The molecule has 2 heterocycles. The molecule has 18 heavy (non-hydrogen) atoms. The van der Waals surface area contributed by atoms with Crippen molar-refractivity contribution < 1.29 is 4.74 Å². The van der Waals surface area contributed by atoms with Crippen molar-refractivity contribution in [2.45, 2.75) is 0 Å². The molecule has 0 aliphatic carbocycles. The van der Waals surface area contributed by atoms with E-state index in [0.717, 1.165) is 14.7 Å². The van der Waals surface area contributed by atoms with E-state index in [-0.39, 0.29) is 5.95 Å². The predicted molar refractivity (Wildman–Crippen MR) is 76.0 cm³/mol. The molecule has 0 unspecified atom stereocenters. The number of ether oxygens (including phenoxy) is 1. The average Bonchev–Trinajstić information content (AvgIpc) is 2.80. The lowest BCUT2D eigenvalue weighted by Gasteiger charge is -2.06. The van der Waals surface area contributed by atoms with Gasteiger partial charge in [0.25, 0.3) is 0 Å². The van der Waals surface area contributed by atoms with E-state index in [1.165, 1.54) is 11.3 Å². The van der Waals surface area contributed by atoms with Gasteiger partial charge >= 0.3 is 0 Å². The highest BCUT2D eigenvalue weighted by Crippen LogP contribution is 2.31. The number of fused-ring (bicyclic) bond motifs is 1. The Hall–Kier alpha value is -1.66. The van der Waals surface area contributed by atoms with Crippen LogP contribution in [0, 0.1) is 0 Å². The summed E-state index contributed by atoms with van der Waals surface area (Å²) in [6.45, 7) is 0. The van der Waals surface area contributed by atoms with Gasteiger partial charge in [0.05, 0.1) is 5.39 Å². The van der Waals surface area contributed by atoms with Gasteiger partial charge in [0, 0.05) is 4.47 Å². The zero-order chi connectivity index (χ0) is 12.5. The third-order valence-corrected chi connectivity index (χ3v) is 3.67. The summed E-state index contributed by atoms with van der Waals surface area (Å²) in [5, 5.41) is 2.81. The van der Waals surface area contributed by atoms with Crippen molar-refractivity contribution in [2.75, 3.05) is 5.73 Å². The Labute approximate surface area is 116 Å². The Morgan fingerprint density at radius 2 is 1.89 bits per heavy atom. The molecule has 0 bridgehead atoms. The number of hydrogen-bond donors (Lipinski definition) is 1. The SMILES string of the molecule is Nc1nc(Oc2ccc(Br)cc2)c2ccsc2n1. The molecule has 0 radical (unpaired) electrons. The fraction of sp³-hybridized carbons (Fsp3) is 0. The molecule has 6 heteroatoms. The lowest BCUT2D eigenvalue weighted by molar-refractivity contribution is 0.469. The molecule has 0 spiro atoms. The Kier molecular flexibility index (Phi) is 2.89. The van der Waals surface area contributed by atoms with Crippen LogP contribution in [0.15, 0.2) is 40.2 Å². The van der Waals surface area contributed by atoms with Crippen LogP contribution in [-0.2, 0) is 0 Å². The third kappa shape index (κ3) is 2.16. The highest BCUT2D eigenvalue weighted by Gasteiger charge is 2.09. The second-order valence-corrected chi connectivity index (χ2v) is 5.39. The summed E-state index contributed by atoms with van der Waals surface area (Å²) in [5.41, 5.74) is 5.66. The van der Waals surface area contributed by atoms with Crippen LogP contribution in [0.2, 0.25) is 0 Å². The molecule has 90 valence electrons. The number of nitrogens with zero attached hydrogens (tertiary/aromatic N) is 2. The minimum Gasteiger partial charge on any atom is -0.438 e. The van der Waals surface area contributed by atoms with E-state index in [9.17, 15) is 0 Å². The van der Waals surface area contributed by atoms with Crippen molar-refractivity contribution in [1.29, 1.82) is 0 Å². The molecular formula is C12H8BrN3OS. The molecule has 0 atom stereocenters. The van der Waals surface area contributed by atoms with Gasteiger partial charge in [0.1, 0.15) is 10.6 Å². The van der Waals surface area contributed by atoms with Gasteiger partial charge in [-0.05, 0) is 35.7 Å². The minimum atomic E-state index is 0.220.